The Morgan fingerprint density at radius 1 is 1.35 bits per heavy atom. The molecule has 0 bridgehead atoms. The SMILES string of the molecule is CC(C)P(=O)(O)OC(=O)OCc1ccccc1. The Kier molecular flexibility index (Phi) is 4.73. The van der Waals surface area contributed by atoms with Crippen molar-refractivity contribution in [2.45, 2.75) is 26.1 Å². The molecule has 0 heterocycles. The van der Waals surface area contributed by atoms with Crippen molar-refractivity contribution in [1.82, 2.24) is 0 Å². The second-order valence-corrected chi connectivity index (χ2v) is 6.12. The molecule has 1 rings (SSSR count). The maximum absolute atomic E-state index is 11.4. The summed E-state index contributed by atoms with van der Waals surface area (Å²) in [6.07, 6.45) is -1.13. The molecule has 0 saturated heterocycles. The van der Waals surface area contributed by atoms with Crippen LogP contribution in [-0.2, 0) is 20.4 Å². The van der Waals surface area contributed by atoms with E-state index in [2.05, 4.69) is 4.52 Å². The Hall–Kier alpha value is -1.32. The van der Waals surface area contributed by atoms with E-state index in [-0.39, 0.29) is 6.61 Å². The van der Waals surface area contributed by atoms with Crippen molar-refractivity contribution in [3.8, 4) is 0 Å². The van der Waals surface area contributed by atoms with Crippen molar-refractivity contribution >= 4 is 13.8 Å². The van der Waals surface area contributed by atoms with Crippen molar-refractivity contribution in [2.75, 3.05) is 0 Å². The average molecular weight is 258 g/mol. The average Bonchev–Trinajstić information content (AvgIpc) is 2.27. The van der Waals surface area contributed by atoms with Crippen LogP contribution in [-0.4, -0.2) is 16.7 Å². The van der Waals surface area contributed by atoms with Gasteiger partial charge in [-0.1, -0.05) is 44.2 Å². The lowest BCUT2D eigenvalue weighted by atomic mass is 10.2. The third-order valence-corrected chi connectivity index (χ3v) is 3.77. The summed E-state index contributed by atoms with van der Waals surface area (Å²) in [6.45, 7) is 2.99. The van der Waals surface area contributed by atoms with Crippen LogP contribution in [0.5, 0.6) is 0 Å². The molecular weight excluding hydrogens is 243 g/mol. The summed E-state index contributed by atoms with van der Waals surface area (Å²) in [6, 6.07) is 8.98. The predicted octanol–water partition coefficient (Wildman–Crippen LogP) is 2.93. The minimum Gasteiger partial charge on any atom is -0.429 e. The van der Waals surface area contributed by atoms with Crippen LogP contribution >= 0.6 is 7.60 Å². The van der Waals surface area contributed by atoms with Gasteiger partial charge in [0.2, 0.25) is 0 Å². The lowest BCUT2D eigenvalue weighted by Crippen LogP contribution is -2.10. The van der Waals surface area contributed by atoms with E-state index >= 15 is 0 Å². The first-order valence-electron chi connectivity index (χ1n) is 5.14. The molecule has 0 aliphatic rings. The van der Waals surface area contributed by atoms with Gasteiger partial charge in [-0.05, 0) is 5.56 Å². The molecule has 17 heavy (non-hydrogen) atoms. The van der Waals surface area contributed by atoms with Gasteiger partial charge >= 0.3 is 13.8 Å². The quantitative estimate of drug-likeness (QED) is 0.664. The lowest BCUT2D eigenvalue weighted by molar-refractivity contribution is 0.0880. The number of ether oxygens (including phenoxy) is 1. The van der Waals surface area contributed by atoms with Gasteiger partial charge in [-0.25, -0.2) is 9.36 Å². The van der Waals surface area contributed by atoms with Gasteiger partial charge in [0.25, 0.3) is 0 Å². The molecule has 6 heteroatoms. The summed E-state index contributed by atoms with van der Waals surface area (Å²) in [5.74, 6) is 0. The standard InChI is InChI=1S/C11H15O5P/c1-9(2)17(13,14)16-11(12)15-8-10-6-4-3-5-7-10/h3-7,9H,8H2,1-2H3,(H,13,14). The van der Waals surface area contributed by atoms with Crippen molar-refractivity contribution in [1.29, 1.82) is 0 Å². The fourth-order valence-corrected chi connectivity index (χ4v) is 1.43. The van der Waals surface area contributed by atoms with Gasteiger partial charge < -0.3 is 14.2 Å². The fraction of sp³-hybridized carbons (Fsp3) is 0.364. The molecule has 1 unspecified atom stereocenters. The zero-order valence-electron chi connectivity index (χ0n) is 9.70. The summed E-state index contributed by atoms with van der Waals surface area (Å²) in [5, 5.41) is 0. The van der Waals surface area contributed by atoms with Crippen LogP contribution in [0.15, 0.2) is 30.3 Å². The monoisotopic (exact) mass is 258 g/mol. The molecule has 0 aromatic heterocycles. The second kappa shape index (κ2) is 5.84. The fourth-order valence-electron chi connectivity index (χ4n) is 0.955. The molecule has 0 fully saturated rings. The number of rotatable bonds is 4. The van der Waals surface area contributed by atoms with E-state index in [0.717, 1.165) is 5.56 Å². The van der Waals surface area contributed by atoms with Crippen molar-refractivity contribution in [3.63, 3.8) is 0 Å². The molecule has 0 aliphatic heterocycles. The van der Waals surface area contributed by atoms with Gasteiger partial charge in [0.05, 0.1) is 5.66 Å². The zero-order valence-corrected chi connectivity index (χ0v) is 10.6. The van der Waals surface area contributed by atoms with E-state index in [9.17, 15) is 14.3 Å². The summed E-state index contributed by atoms with van der Waals surface area (Å²) >= 11 is 0. The van der Waals surface area contributed by atoms with E-state index in [4.69, 9.17) is 4.74 Å². The topological polar surface area (TPSA) is 72.8 Å². The molecule has 94 valence electrons. The van der Waals surface area contributed by atoms with Crippen molar-refractivity contribution in [3.05, 3.63) is 35.9 Å². The smallest absolute Gasteiger partial charge is 0.429 e. The van der Waals surface area contributed by atoms with E-state index in [1.165, 1.54) is 13.8 Å². The lowest BCUT2D eigenvalue weighted by Gasteiger charge is -2.14. The Bertz CT molecular complexity index is 415. The highest BCUT2D eigenvalue weighted by molar-refractivity contribution is 7.54. The van der Waals surface area contributed by atoms with E-state index in [1.807, 2.05) is 6.07 Å². The molecule has 0 radical (unpaired) electrons. The molecule has 1 N–H and O–H groups in total. The third-order valence-electron chi connectivity index (χ3n) is 2.06. The Labute approximate surface area is 99.9 Å². The first-order valence-corrected chi connectivity index (χ1v) is 6.79. The molecule has 0 spiro atoms. The largest absolute Gasteiger partial charge is 0.515 e. The Morgan fingerprint density at radius 3 is 2.47 bits per heavy atom. The first-order chi connectivity index (χ1) is 7.92. The van der Waals surface area contributed by atoms with Gasteiger partial charge in [0.15, 0.2) is 0 Å². The highest BCUT2D eigenvalue weighted by Gasteiger charge is 2.29. The molecular formula is C11H15O5P. The minimum atomic E-state index is -3.92. The van der Waals surface area contributed by atoms with Crippen LogP contribution in [0.25, 0.3) is 0 Å². The van der Waals surface area contributed by atoms with Crippen LogP contribution in [0.3, 0.4) is 0 Å². The molecule has 1 atom stereocenters. The Morgan fingerprint density at radius 2 is 1.94 bits per heavy atom. The molecule has 0 amide bonds. The summed E-state index contributed by atoms with van der Waals surface area (Å²) in [4.78, 5) is 20.5. The molecule has 0 aliphatic carbocycles. The van der Waals surface area contributed by atoms with Gasteiger partial charge in [-0.3, -0.25) is 0 Å². The van der Waals surface area contributed by atoms with Crippen molar-refractivity contribution in [2.24, 2.45) is 0 Å². The van der Waals surface area contributed by atoms with Crippen LogP contribution < -0.4 is 0 Å². The number of carbonyl (C=O) groups excluding carboxylic acids is 1. The van der Waals surface area contributed by atoms with E-state index < -0.39 is 19.4 Å². The predicted molar refractivity (Wildman–Crippen MR) is 62.7 cm³/mol. The van der Waals surface area contributed by atoms with Gasteiger partial charge in [-0.2, -0.15) is 0 Å². The second-order valence-electron chi connectivity index (χ2n) is 3.77. The third kappa shape index (κ3) is 4.59. The van der Waals surface area contributed by atoms with Crippen molar-refractivity contribution < 1.29 is 23.5 Å². The zero-order chi connectivity index (χ0) is 12.9. The molecule has 1 aromatic carbocycles. The maximum Gasteiger partial charge on any atom is 0.515 e. The minimum absolute atomic E-state index is 0.0117. The van der Waals surface area contributed by atoms with Gasteiger partial charge in [-0.15, -0.1) is 0 Å². The van der Waals surface area contributed by atoms with Crippen LogP contribution in [0.2, 0.25) is 0 Å². The highest BCUT2D eigenvalue weighted by Crippen LogP contribution is 2.47. The summed E-state index contributed by atoms with van der Waals surface area (Å²) in [7, 11) is -3.92. The number of benzene rings is 1. The number of hydrogen-bond donors (Lipinski definition) is 1. The van der Waals surface area contributed by atoms with E-state index in [0.29, 0.717) is 0 Å². The van der Waals surface area contributed by atoms with E-state index in [1.54, 1.807) is 24.3 Å². The summed E-state index contributed by atoms with van der Waals surface area (Å²) < 4.78 is 20.5. The summed E-state index contributed by atoms with van der Waals surface area (Å²) in [5.41, 5.74) is 0.133. The first kappa shape index (κ1) is 13.7. The van der Waals surface area contributed by atoms with Crippen LogP contribution in [0.4, 0.5) is 4.79 Å². The maximum atomic E-state index is 11.4. The normalized spacial score (nSPS) is 14.1. The van der Waals surface area contributed by atoms with Gasteiger partial charge in [0.1, 0.15) is 6.61 Å². The molecule has 0 saturated carbocycles. The highest BCUT2D eigenvalue weighted by atomic mass is 31.2. The number of hydrogen-bond acceptors (Lipinski definition) is 4. The van der Waals surface area contributed by atoms with Crippen LogP contribution in [0.1, 0.15) is 19.4 Å². The molecule has 1 aromatic rings. The van der Waals surface area contributed by atoms with Gasteiger partial charge in [0, 0.05) is 0 Å². The Balaban J connectivity index is 2.44. The van der Waals surface area contributed by atoms with Crippen LogP contribution in [0, 0.1) is 0 Å². The number of carbonyl (C=O) groups is 1. The molecule has 5 nitrogen and oxygen atoms in total.